The van der Waals surface area contributed by atoms with E-state index in [0.29, 0.717) is 12.6 Å². The first-order valence-corrected chi connectivity index (χ1v) is 9.65. The second-order valence-electron chi connectivity index (χ2n) is 7.18. The molecule has 0 unspecified atom stereocenters. The lowest BCUT2D eigenvalue weighted by Crippen LogP contribution is -2.52. The molecule has 1 aromatic rings. The van der Waals surface area contributed by atoms with Crippen molar-refractivity contribution in [3.05, 3.63) is 34.9 Å². The third-order valence-corrected chi connectivity index (χ3v) is 5.57. The number of carbonyl (C=O) groups excluding carboxylic acids is 1. The van der Waals surface area contributed by atoms with E-state index < -0.39 is 0 Å². The Morgan fingerprint density at radius 1 is 1.19 bits per heavy atom. The predicted octanol–water partition coefficient (Wildman–Crippen LogP) is 2.51. The number of rotatable bonds is 5. The predicted molar refractivity (Wildman–Crippen MR) is 116 cm³/mol. The molecule has 3 rings (SSSR count). The zero-order valence-corrected chi connectivity index (χ0v) is 18.3. The van der Waals surface area contributed by atoms with Crippen molar-refractivity contribution in [2.45, 2.75) is 25.4 Å². The first kappa shape index (κ1) is 24.5. The molecule has 2 fully saturated rings. The monoisotopic (exact) mass is 436 g/mol. The minimum Gasteiger partial charge on any atom is -0.339 e. The van der Waals surface area contributed by atoms with E-state index in [-0.39, 0.29) is 30.7 Å². The lowest BCUT2D eigenvalue weighted by molar-refractivity contribution is -0.134. The van der Waals surface area contributed by atoms with Gasteiger partial charge in [0.25, 0.3) is 0 Å². The second kappa shape index (κ2) is 12.1. The van der Waals surface area contributed by atoms with Gasteiger partial charge in [-0.3, -0.25) is 14.6 Å². The van der Waals surface area contributed by atoms with Crippen LogP contribution in [0.2, 0.25) is 5.02 Å². The number of likely N-dealkylation sites (N-methyl/N-ethyl adjacent to an activating group) is 1. The average Bonchev–Trinajstić information content (AvgIpc) is 2.63. The van der Waals surface area contributed by atoms with Crippen molar-refractivity contribution in [3.8, 4) is 0 Å². The summed E-state index contributed by atoms with van der Waals surface area (Å²) in [4.78, 5) is 19.2. The Balaban J connectivity index is 0.00000182. The van der Waals surface area contributed by atoms with E-state index in [4.69, 9.17) is 11.6 Å². The molecule has 2 aliphatic heterocycles. The van der Waals surface area contributed by atoms with Crippen molar-refractivity contribution in [1.29, 1.82) is 0 Å². The number of carbonyl (C=O) groups is 1. The maximum atomic E-state index is 12.6. The third kappa shape index (κ3) is 7.41. The zero-order chi connectivity index (χ0) is 17.6. The lowest BCUT2D eigenvalue weighted by Gasteiger charge is -2.37. The molecule has 0 saturated carbocycles. The molecule has 27 heavy (non-hydrogen) atoms. The molecule has 0 radical (unpaired) electrons. The Morgan fingerprint density at radius 3 is 2.48 bits per heavy atom. The van der Waals surface area contributed by atoms with E-state index in [9.17, 15) is 4.79 Å². The fraction of sp³-hybridized carbons (Fsp3) is 0.632. The lowest BCUT2D eigenvalue weighted by atomic mass is 10.1. The van der Waals surface area contributed by atoms with Crippen molar-refractivity contribution in [2.75, 3.05) is 52.9 Å². The molecular formula is C19H31Cl3N4O. The number of benzene rings is 1. The van der Waals surface area contributed by atoms with Gasteiger partial charge in [-0.25, -0.2) is 0 Å². The highest BCUT2D eigenvalue weighted by Gasteiger charge is 2.25. The molecule has 1 amide bonds. The Kier molecular flexibility index (Phi) is 11.0. The highest BCUT2D eigenvalue weighted by atomic mass is 35.5. The van der Waals surface area contributed by atoms with Crippen LogP contribution in [0.5, 0.6) is 0 Å². The Labute approximate surface area is 180 Å². The summed E-state index contributed by atoms with van der Waals surface area (Å²) in [6, 6.07) is 8.56. The molecule has 0 spiro atoms. The molecule has 0 bridgehead atoms. The smallest absolute Gasteiger partial charge is 0.236 e. The molecule has 2 saturated heterocycles. The first-order chi connectivity index (χ1) is 12.1. The SMILES string of the molecule is CN(CC(=O)N1CCN(Cc2cccc(Cl)c2)CC1)C1CCNCC1.Cl.Cl. The topological polar surface area (TPSA) is 38.8 Å². The minimum atomic E-state index is 0. The van der Waals surface area contributed by atoms with Crippen LogP contribution in [-0.4, -0.2) is 79.5 Å². The van der Waals surface area contributed by atoms with Crippen LogP contribution in [-0.2, 0) is 11.3 Å². The van der Waals surface area contributed by atoms with Crippen LogP contribution >= 0.6 is 36.4 Å². The molecule has 0 aliphatic carbocycles. The maximum absolute atomic E-state index is 12.6. The normalized spacial score (nSPS) is 18.7. The van der Waals surface area contributed by atoms with Gasteiger partial charge in [0.1, 0.15) is 0 Å². The van der Waals surface area contributed by atoms with Gasteiger partial charge in [-0.05, 0) is 50.7 Å². The van der Waals surface area contributed by atoms with Gasteiger partial charge in [0.15, 0.2) is 0 Å². The van der Waals surface area contributed by atoms with E-state index in [1.54, 1.807) is 0 Å². The number of hydrogen-bond donors (Lipinski definition) is 1. The molecule has 2 heterocycles. The maximum Gasteiger partial charge on any atom is 0.236 e. The quantitative estimate of drug-likeness (QED) is 0.768. The molecule has 1 N–H and O–H groups in total. The van der Waals surface area contributed by atoms with Gasteiger partial charge in [0.2, 0.25) is 5.91 Å². The van der Waals surface area contributed by atoms with E-state index in [0.717, 1.165) is 63.7 Å². The molecule has 0 atom stereocenters. The number of piperidine rings is 1. The number of nitrogens with zero attached hydrogens (tertiary/aromatic N) is 3. The molecule has 5 nitrogen and oxygen atoms in total. The Bertz CT molecular complexity index is 576. The largest absolute Gasteiger partial charge is 0.339 e. The molecule has 0 aromatic heterocycles. The van der Waals surface area contributed by atoms with Crippen LogP contribution in [0.4, 0.5) is 0 Å². The van der Waals surface area contributed by atoms with Crippen LogP contribution in [0.15, 0.2) is 24.3 Å². The molecule has 154 valence electrons. The fourth-order valence-electron chi connectivity index (χ4n) is 3.74. The van der Waals surface area contributed by atoms with Gasteiger partial charge in [-0.1, -0.05) is 23.7 Å². The van der Waals surface area contributed by atoms with Gasteiger partial charge in [0.05, 0.1) is 6.54 Å². The van der Waals surface area contributed by atoms with Crippen molar-refractivity contribution in [2.24, 2.45) is 0 Å². The van der Waals surface area contributed by atoms with Crippen LogP contribution in [0, 0.1) is 0 Å². The van der Waals surface area contributed by atoms with E-state index in [1.165, 1.54) is 5.56 Å². The minimum absolute atomic E-state index is 0. The van der Waals surface area contributed by atoms with Gasteiger partial charge in [0, 0.05) is 43.8 Å². The second-order valence-corrected chi connectivity index (χ2v) is 7.62. The Hall–Kier alpha value is -0.560. The van der Waals surface area contributed by atoms with Crippen LogP contribution in [0.3, 0.4) is 0 Å². The van der Waals surface area contributed by atoms with E-state index in [2.05, 4.69) is 28.2 Å². The summed E-state index contributed by atoms with van der Waals surface area (Å²) < 4.78 is 0. The van der Waals surface area contributed by atoms with E-state index in [1.807, 2.05) is 23.1 Å². The molecular weight excluding hydrogens is 407 g/mol. The summed E-state index contributed by atoms with van der Waals surface area (Å²) in [5, 5.41) is 4.16. The zero-order valence-electron chi connectivity index (χ0n) is 15.9. The Morgan fingerprint density at radius 2 is 1.85 bits per heavy atom. The van der Waals surface area contributed by atoms with Crippen LogP contribution in [0.25, 0.3) is 0 Å². The van der Waals surface area contributed by atoms with Gasteiger partial charge in [-0.15, -0.1) is 24.8 Å². The van der Waals surface area contributed by atoms with Gasteiger partial charge in [-0.2, -0.15) is 0 Å². The summed E-state index contributed by atoms with van der Waals surface area (Å²) in [5.74, 6) is 0.267. The molecule has 1 aromatic carbocycles. The van der Waals surface area contributed by atoms with Crippen molar-refractivity contribution in [1.82, 2.24) is 20.0 Å². The van der Waals surface area contributed by atoms with Crippen molar-refractivity contribution < 1.29 is 4.79 Å². The fourth-order valence-corrected chi connectivity index (χ4v) is 3.95. The summed E-state index contributed by atoms with van der Waals surface area (Å²) >= 11 is 6.06. The highest BCUT2D eigenvalue weighted by Crippen LogP contribution is 2.15. The van der Waals surface area contributed by atoms with Crippen LogP contribution < -0.4 is 5.32 Å². The number of amides is 1. The summed E-state index contributed by atoms with van der Waals surface area (Å²) in [6.45, 7) is 7.05. The number of halogens is 3. The summed E-state index contributed by atoms with van der Waals surface area (Å²) in [7, 11) is 2.09. The van der Waals surface area contributed by atoms with Crippen LogP contribution in [0.1, 0.15) is 18.4 Å². The van der Waals surface area contributed by atoms with Gasteiger partial charge >= 0.3 is 0 Å². The number of hydrogen-bond acceptors (Lipinski definition) is 4. The number of piperazine rings is 1. The van der Waals surface area contributed by atoms with Crippen molar-refractivity contribution >= 4 is 42.3 Å². The standard InChI is InChI=1S/C19H29ClN4O.2ClH/c1-22(18-5-7-21-8-6-18)15-19(25)24-11-9-23(10-12-24)14-16-3-2-4-17(20)13-16;;/h2-4,13,18,21H,5-12,14-15H2,1H3;2*1H. The van der Waals surface area contributed by atoms with E-state index >= 15 is 0 Å². The summed E-state index contributed by atoms with van der Waals surface area (Å²) in [6.07, 6.45) is 2.27. The first-order valence-electron chi connectivity index (χ1n) is 9.27. The van der Waals surface area contributed by atoms with Crippen molar-refractivity contribution in [3.63, 3.8) is 0 Å². The van der Waals surface area contributed by atoms with Gasteiger partial charge < -0.3 is 10.2 Å². The molecule has 2 aliphatic rings. The summed E-state index contributed by atoms with van der Waals surface area (Å²) in [5.41, 5.74) is 1.23. The number of nitrogens with one attached hydrogen (secondary N) is 1. The average molecular weight is 438 g/mol. The highest BCUT2D eigenvalue weighted by molar-refractivity contribution is 6.30. The third-order valence-electron chi connectivity index (χ3n) is 5.34. The molecule has 8 heteroatoms.